The van der Waals surface area contributed by atoms with Gasteiger partial charge in [0, 0.05) is 0 Å². The summed E-state index contributed by atoms with van der Waals surface area (Å²) in [6.45, 7) is 6.67. The molecule has 1 amide bonds. The molecule has 1 aromatic heterocycles. The molecule has 0 saturated carbocycles. The molecule has 3 N–H and O–H groups in total. The van der Waals surface area contributed by atoms with Crippen molar-refractivity contribution in [1.29, 1.82) is 0 Å². The zero-order valence-electron chi connectivity index (χ0n) is 13.4. The van der Waals surface area contributed by atoms with E-state index in [1.54, 1.807) is 6.07 Å². The number of nitrogens with one attached hydrogen (secondary N) is 1. The van der Waals surface area contributed by atoms with Crippen LogP contribution in [-0.2, 0) is 6.54 Å². The standard InChI is InChI=1S/C18H24N2O2/c1-12(2)8-17(16-7-5-4-6-13(16)3)20-18(21)14-9-15(10-19)22-11-14/h4-7,9,11-12,17H,8,10,19H2,1-3H3,(H,20,21). The van der Waals surface area contributed by atoms with Gasteiger partial charge in [-0.05, 0) is 36.5 Å². The molecule has 1 atom stereocenters. The van der Waals surface area contributed by atoms with E-state index in [1.165, 1.54) is 11.8 Å². The number of aryl methyl sites for hydroxylation is 1. The third kappa shape index (κ3) is 3.98. The largest absolute Gasteiger partial charge is 0.467 e. The van der Waals surface area contributed by atoms with Gasteiger partial charge in [0.05, 0.1) is 18.2 Å². The molecule has 1 unspecified atom stereocenters. The summed E-state index contributed by atoms with van der Waals surface area (Å²) < 4.78 is 5.24. The maximum absolute atomic E-state index is 12.4. The van der Waals surface area contributed by atoms with Gasteiger partial charge < -0.3 is 15.5 Å². The van der Waals surface area contributed by atoms with Gasteiger partial charge in [0.25, 0.3) is 5.91 Å². The number of carbonyl (C=O) groups is 1. The molecule has 0 fully saturated rings. The Hall–Kier alpha value is -2.07. The van der Waals surface area contributed by atoms with E-state index in [2.05, 4.69) is 38.2 Å². The van der Waals surface area contributed by atoms with E-state index in [-0.39, 0.29) is 11.9 Å². The second kappa shape index (κ2) is 7.27. The number of benzene rings is 1. The van der Waals surface area contributed by atoms with Crippen LogP contribution in [0.4, 0.5) is 0 Å². The van der Waals surface area contributed by atoms with E-state index >= 15 is 0 Å². The van der Waals surface area contributed by atoms with Crippen molar-refractivity contribution in [2.75, 3.05) is 0 Å². The summed E-state index contributed by atoms with van der Waals surface area (Å²) in [6, 6.07) is 9.84. The Labute approximate surface area is 131 Å². The van der Waals surface area contributed by atoms with Crippen LogP contribution in [0.1, 0.15) is 53.6 Å². The second-order valence-electron chi connectivity index (χ2n) is 6.02. The summed E-state index contributed by atoms with van der Waals surface area (Å²) in [7, 11) is 0. The Morgan fingerprint density at radius 3 is 2.64 bits per heavy atom. The highest BCUT2D eigenvalue weighted by molar-refractivity contribution is 5.94. The van der Waals surface area contributed by atoms with E-state index in [4.69, 9.17) is 10.2 Å². The number of hydrogen-bond donors (Lipinski definition) is 2. The third-order valence-corrected chi connectivity index (χ3v) is 3.69. The van der Waals surface area contributed by atoms with Gasteiger partial charge in [-0.25, -0.2) is 0 Å². The maximum Gasteiger partial charge on any atom is 0.255 e. The van der Waals surface area contributed by atoms with Gasteiger partial charge in [0.15, 0.2) is 0 Å². The molecule has 0 aliphatic carbocycles. The average Bonchev–Trinajstić information content (AvgIpc) is 2.95. The molecule has 1 aromatic carbocycles. The highest BCUT2D eigenvalue weighted by Crippen LogP contribution is 2.24. The fourth-order valence-corrected chi connectivity index (χ4v) is 2.56. The van der Waals surface area contributed by atoms with Gasteiger partial charge in [0.2, 0.25) is 0 Å². The van der Waals surface area contributed by atoms with Crippen LogP contribution >= 0.6 is 0 Å². The van der Waals surface area contributed by atoms with Crippen LogP contribution in [0.15, 0.2) is 41.0 Å². The number of carbonyl (C=O) groups excluding carboxylic acids is 1. The van der Waals surface area contributed by atoms with Crippen molar-refractivity contribution in [3.05, 3.63) is 59.0 Å². The van der Waals surface area contributed by atoms with Crippen molar-refractivity contribution < 1.29 is 9.21 Å². The van der Waals surface area contributed by atoms with Crippen LogP contribution in [0.3, 0.4) is 0 Å². The molecule has 22 heavy (non-hydrogen) atoms. The summed E-state index contributed by atoms with van der Waals surface area (Å²) >= 11 is 0. The molecule has 0 radical (unpaired) electrons. The molecule has 2 rings (SSSR count). The lowest BCUT2D eigenvalue weighted by Gasteiger charge is -2.22. The fraction of sp³-hybridized carbons (Fsp3) is 0.389. The van der Waals surface area contributed by atoms with Gasteiger partial charge in [-0.15, -0.1) is 0 Å². The summed E-state index contributed by atoms with van der Waals surface area (Å²) in [5.74, 6) is 0.965. The highest BCUT2D eigenvalue weighted by Gasteiger charge is 2.19. The van der Waals surface area contributed by atoms with Gasteiger partial charge in [-0.3, -0.25) is 4.79 Å². The first kappa shape index (κ1) is 16.3. The van der Waals surface area contributed by atoms with Crippen molar-refractivity contribution in [3.63, 3.8) is 0 Å². The molecule has 0 aliphatic rings. The normalized spacial score (nSPS) is 12.4. The number of nitrogens with two attached hydrogens (primary N) is 1. The van der Waals surface area contributed by atoms with E-state index in [0.29, 0.717) is 23.8 Å². The summed E-state index contributed by atoms with van der Waals surface area (Å²) in [5, 5.41) is 3.12. The van der Waals surface area contributed by atoms with E-state index in [0.717, 1.165) is 12.0 Å². The van der Waals surface area contributed by atoms with Gasteiger partial charge in [-0.2, -0.15) is 0 Å². The third-order valence-electron chi connectivity index (χ3n) is 3.69. The van der Waals surface area contributed by atoms with Gasteiger partial charge >= 0.3 is 0 Å². The number of hydrogen-bond acceptors (Lipinski definition) is 3. The van der Waals surface area contributed by atoms with Gasteiger partial charge in [0.1, 0.15) is 12.0 Å². The molecule has 0 bridgehead atoms. The summed E-state index contributed by atoms with van der Waals surface area (Å²) in [6.07, 6.45) is 2.35. The van der Waals surface area contributed by atoms with Crippen LogP contribution in [0.5, 0.6) is 0 Å². The van der Waals surface area contributed by atoms with Crippen LogP contribution in [0, 0.1) is 12.8 Å². The number of rotatable bonds is 6. The lowest BCUT2D eigenvalue weighted by Crippen LogP contribution is -2.29. The molecular formula is C18H24N2O2. The van der Waals surface area contributed by atoms with Crippen LogP contribution in [0.2, 0.25) is 0 Å². The molecule has 4 heteroatoms. The topological polar surface area (TPSA) is 68.3 Å². The molecular weight excluding hydrogens is 276 g/mol. The molecule has 4 nitrogen and oxygen atoms in total. The average molecular weight is 300 g/mol. The van der Waals surface area contributed by atoms with Crippen molar-refractivity contribution in [1.82, 2.24) is 5.32 Å². The zero-order valence-corrected chi connectivity index (χ0v) is 13.4. The smallest absolute Gasteiger partial charge is 0.255 e. The van der Waals surface area contributed by atoms with E-state index in [1.807, 2.05) is 12.1 Å². The van der Waals surface area contributed by atoms with Crippen LogP contribution in [-0.4, -0.2) is 5.91 Å². The first-order chi connectivity index (χ1) is 10.5. The first-order valence-corrected chi connectivity index (χ1v) is 7.65. The number of furan rings is 1. The molecule has 0 spiro atoms. The monoisotopic (exact) mass is 300 g/mol. The highest BCUT2D eigenvalue weighted by atomic mass is 16.3. The molecule has 0 aliphatic heterocycles. The molecule has 2 aromatic rings. The predicted octanol–water partition coefficient (Wildman–Crippen LogP) is 3.56. The van der Waals surface area contributed by atoms with E-state index in [9.17, 15) is 4.79 Å². The Kier molecular flexibility index (Phi) is 5.39. The summed E-state index contributed by atoms with van der Waals surface area (Å²) in [4.78, 5) is 12.4. The zero-order chi connectivity index (χ0) is 16.1. The van der Waals surface area contributed by atoms with Crippen molar-refractivity contribution in [2.24, 2.45) is 11.7 Å². The Morgan fingerprint density at radius 1 is 1.32 bits per heavy atom. The molecule has 118 valence electrons. The lowest BCUT2D eigenvalue weighted by atomic mass is 9.93. The Bertz CT molecular complexity index is 632. The minimum Gasteiger partial charge on any atom is -0.467 e. The predicted molar refractivity (Wildman–Crippen MR) is 87.4 cm³/mol. The van der Waals surface area contributed by atoms with Crippen LogP contribution in [0.25, 0.3) is 0 Å². The van der Waals surface area contributed by atoms with Crippen molar-refractivity contribution in [2.45, 2.75) is 39.8 Å². The SMILES string of the molecule is Cc1ccccc1C(CC(C)C)NC(=O)c1coc(CN)c1. The number of amides is 1. The minimum atomic E-state index is -0.127. The Morgan fingerprint density at radius 2 is 2.05 bits per heavy atom. The maximum atomic E-state index is 12.4. The van der Waals surface area contributed by atoms with Crippen LogP contribution < -0.4 is 11.1 Å². The van der Waals surface area contributed by atoms with E-state index < -0.39 is 0 Å². The summed E-state index contributed by atoms with van der Waals surface area (Å²) in [5.41, 5.74) is 8.38. The quantitative estimate of drug-likeness (QED) is 0.857. The fourth-order valence-electron chi connectivity index (χ4n) is 2.56. The first-order valence-electron chi connectivity index (χ1n) is 7.65. The van der Waals surface area contributed by atoms with Crippen molar-refractivity contribution >= 4 is 5.91 Å². The lowest BCUT2D eigenvalue weighted by molar-refractivity contribution is 0.0931. The van der Waals surface area contributed by atoms with Crippen molar-refractivity contribution in [3.8, 4) is 0 Å². The minimum absolute atomic E-state index is 0.00933. The van der Waals surface area contributed by atoms with Gasteiger partial charge in [-0.1, -0.05) is 38.1 Å². The molecule has 0 saturated heterocycles. The second-order valence-corrected chi connectivity index (χ2v) is 6.02. The Balaban J connectivity index is 2.19. The molecule has 1 heterocycles.